The molecule has 1 saturated heterocycles. The second-order valence-corrected chi connectivity index (χ2v) is 10.1. The Balaban J connectivity index is 1.47. The van der Waals surface area contributed by atoms with Crippen LogP contribution in [-0.4, -0.2) is 80.5 Å². The SMILES string of the molecule is NC(Cc1c[nH]c2ccccc12)C(=O)N1CCCC1C(=O)NC(Cc1ccccc1)C(=O)NC(CC(=O)O)C(=O)O. The van der Waals surface area contributed by atoms with E-state index in [0.717, 1.165) is 16.5 Å². The first kappa shape index (κ1) is 29.3. The fourth-order valence-electron chi connectivity index (χ4n) is 5.11. The number of nitrogens with two attached hydrogens (primary N) is 1. The van der Waals surface area contributed by atoms with E-state index in [1.165, 1.54) is 4.90 Å². The van der Waals surface area contributed by atoms with Crippen LogP contribution in [0.3, 0.4) is 0 Å². The average Bonchev–Trinajstić information content (AvgIpc) is 3.60. The number of H-pyrrole nitrogens is 1. The van der Waals surface area contributed by atoms with Crippen LogP contribution in [0.2, 0.25) is 0 Å². The average molecular weight is 564 g/mol. The Hall–Kier alpha value is -4.71. The summed E-state index contributed by atoms with van der Waals surface area (Å²) in [6, 6.07) is 11.8. The van der Waals surface area contributed by atoms with E-state index in [1.54, 1.807) is 30.3 Å². The van der Waals surface area contributed by atoms with Crippen LogP contribution in [0.1, 0.15) is 30.4 Å². The third kappa shape index (κ3) is 7.28. The summed E-state index contributed by atoms with van der Waals surface area (Å²) in [7, 11) is 0. The zero-order valence-corrected chi connectivity index (χ0v) is 22.3. The lowest BCUT2D eigenvalue weighted by atomic mass is 10.0. The van der Waals surface area contributed by atoms with Gasteiger partial charge in [-0.15, -0.1) is 0 Å². The number of nitrogens with one attached hydrogen (secondary N) is 3. The van der Waals surface area contributed by atoms with Crippen molar-refractivity contribution in [3.63, 3.8) is 0 Å². The molecule has 4 rings (SSSR count). The van der Waals surface area contributed by atoms with Crippen LogP contribution in [0.25, 0.3) is 10.9 Å². The number of aromatic amines is 1. The number of carboxylic acids is 2. The topological polar surface area (TPSA) is 195 Å². The summed E-state index contributed by atoms with van der Waals surface area (Å²) in [5.41, 5.74) is 8.82. The second kappa shape index (κ2) is 13.1. The van der Waals surface area contributed by atoms with E-state index in [4.69, 9.17) is 10.8 Å². The third-order valence-electron chi connectivity index (χ3n) is 7.18. The van der Waals surface area contributed by atoms with Gasteiger partial charge in [0.2, 0.25) is 17.7 Å². The van der Waals surface area contributed by atoms with Crippen molar-refractivity contribution in [1.82, 2.24) is 20.5 Å². The van der Waals surface area contributed by atoms with Crippen LogP contribution >= 0.6 is 0 Å². The first-order chi connectivity index (χ1) is 19.6. The predicted molar refractivity (Wildman–Crippen MR) is 149 cm³/mol. The molecule has 4 atom stereocenters. The minimum absolute atomic E-state index is 0.0264. The number of aromatic nitrogens is 1. The molecule has 12 heteroatoms. The molecule has 3 amide bonds. The number of hydrogen-bond donors (Lipinski definition) is 6. The maximum absolute atomic E-state index is 13.4. The summed E-state index contributed by atoms with van der Waals surface area (Å²) in [6.07, 6.45) is 2.22. The van der Waals surface area contributed by atoms with E-state index in [9.17, 15) is 29.1 Å². The number of carbonyl (C=O) groups is 5. The lowest BCUT2D eigenvalue weighted by Crippen LogP contribution is -2.57. The molecule has 7 N–H and O–H groups in total. The van der Waals surface area contributed by atoms with Crippen LogP contribution in [0.4, 0.5) is 0 Å². The number of carbonyl (C=O) groups excluding carboxylic acids is 3. The van der Waals surface area contributed by atoms with Crippen molar-refractivity contribution in [3.05, 3.63) is 71.9 Å². The number of aliphatic carboxylic acids is 2. The van der Waals surface area contributed by atoms with Crippen molar-refractivity contribution >= 4 is 40.6 Å². The molecule has 2 heterocycles. The molecule has 2 aromatic carbocycles. The molecule has 0 aliphatic carbocycles. The number of fused-ring (bicyclic) bond motifs is 1. The zero-order valence-electron chi connectivity index (χ0n) is 22.3. The lowest BCUT2D eigenvalue weighted by Gasteiger charge is -2.28. The van der Waals surface area contributed by atoms with Gasteiger partial charge in [-0.3, -0.25) is 19.2 Å². The Labute approximate surface area is 235 Å². The molecule has 1 aromatic heterocycles. The summed E-state index contributed by atoms with van der Waals surface area (Å²) in [6.45, 7) is 0.327. The van der Waals surface area contributed by atoms with E-state index in [0.29, 0.717) is 24.9 Å². The number of hydrogen-bond acceptors (Lipinski definition) is 6. The highest BCUT2D eigenvalue weighted by Crippen LogP contribution is 2.22. The highest BCUT2D eigenvalue weighted by Gasteiger charge is 2.38. The van der Waals surface area contributed by atoms with Gasteiger partial charge in [0.15, 0.2) is 0 Å². The molecule has 3 aromatic rings. The molecule has 4 unspecified atom stereocenters. The first-order valence-electron chi connectivity index (χ1n) is 13.3. The molecule has 1 aliphatic rings. The molecule has 0 bridgehead atoms. The van der Waals surface area contributed by atoms with E-state index < -0.39 is 54.3 Å². The molecule has 41 heavy (non-hydrogen) atoms. The maximum atomic E-state index is 13.4. The van der Waals surface area contributed by atoms with Gasteiger partial charge in [0.05, 0.1) is 12.5 Å². The molecule has 0 saturated carbocycles. The van der Waals surface area contributed by atoms with E-state index in [-0.39, 0.29) is 18.7 Å². The molecule has 0 radical (unpaired) electrons. The van der Waals surface area contributed by atoms with Gasteiger partial charge in [-0.1, -0.05) is 48.5 Å². The number of amides is 3. The van der Waals surface area contributed by atoms with Gasteiger partial charge in [0, 0.05) is 30.1 Å². The Morgan fingerprint density at radius 3 is 2.37 bits per heavy atom. The fourth-order valence-corrected chi connectivity index (χ4v) is 5.11. The Kier molecular flexibility index (Phi) is 9.35. The molecular weight excluding hydrogens is 530 g/mol. The van der Waals surface area contributed by atoms with Gasteiger partial charge in [-0.25, -0.2) is 4.79 Å². The number of rotatable bonds is 12. The van der Waals surface area contributed by atoms with E-state index >= 15 is 0 Å². The maximum Gasteiger partial charge on any atom is 0.326 e. The van der Waals surface area contributed by atoms with Crippen molar-refractivity contribution in [1.29, 1.82) is 0 Å². The van der Waals surface area contributed by atoms with E-state index in [1.807, 2.05) is 30.5 Å². The normalized spacial score (nSPS) is 17.0. The van der Waals surface area contributed by atoms with Gasteiger partial charge >= 0.3 is 11.9 Å². The van der Waals surface area contributed by atoms with Crippen molar-refractivity contribution in [2.75, 3.05) is 6.54 Å². The highest BCUT2D eigenvalue weighted by atomic mass is 16.4. The van der Waals surface area contributed by atoms with Crippen LogP contribution in [-0.2, 0) is 36.8 Å². The number of carboxylic acid groups (broad SMARTS) is 2. The Morgan fingerprint density at radius 2 is 1.66 bits per heavy atom. The van der Waals surface area contributed by atoms with Gasteiger partial charge in [0.25, 0.3) is 0 Å². The predicted octanol–water partition coefficient (Wildman–Crippen LogP) is 0.800. The Bertz CT molecular complexity index is 1420. The standard InChI is InChI=1S/C29H33N5O7/c30-20(14-18-16-31-21-10-5-4-9-19(18)21)28(39)34-12-6-11-24(34)27(38)32-22(13-17-7-2-1-3-8-17)26(37)33-23(29(40)41)15-25(35)36/h1-5,7-10,16,20,22-24,31H,6,11-15,30H2,(H,32,38)(H,33,37)(H,35,36)(H,40,41). The van der Waals surface area contributed by atoms with E-state index in [2.05, 4.69) is 15.6 Å². The smallest absolute Gasteiger partial charge is 0.326 e. The first-order valence-corrected chi connectivity index (χ1v) is 13.3. The third-order valence-corrected chi connectivity index (χ3v) is 7.18. The summed E-state index contributed by atoms with van der Waals surface area (Å²) in [5.74, 6) is -4.71. The van der Waals surface area contributed by atoms with Gasteiger partial charge < -0.3 is 36.5 Å². The molecule has 12 nitrogen and oxygen atoms in total. The van der Waals surface area contributed by atoms with Crippen LogP contribution in [0.5, 0.6) is 0 Å². The number of nitrogens with zero attached hydrogens (tertiary/aromatic N) is 1. The molecule has 1 fully saturated rings. The zero-order chi connectivity index (χ0) is 29.5. The number of benzene rings is 2. The van der Waals surface area contributed by atoms with Crippen LogP contribution in [0.15, 0.2) is 60.8 Å². The van der Waals surface area contributed by atoms with Crippen molar-refractivity contribution < 1.29 is 34.2 Å². The summed E-state index contributed by atoms with van der Waals surface area (Å²) < 4.78 is 0. The molecule has 1 aliphatic heterocycles. The number of para-hydroxylation sites is 1. The Morgan fingerprint density at radius 1 is 0.951 bits per heavy atom. The molecular formula is C29H33N5O7. The number of likely N-dealkylation sites (tertiary alicyclic amines) is 1. The monoisotopic (exact) mass is 563 g/mol. The summed E-state index contributed by atoms with van der Waals surface area (Å²) in [5, 5.41) is 24.3. The lowest BCUT2D eigenvalue weighted by molar-refractivity contribution is -0.147. The second-order valence-electron chi connectivity index (χ2n) is 10.1. The fraction of sp³-hybridized carbons (Fsp3) is 0.345. The summed E-state index contributed by atoms with van der Waals surface area (Å²) >= 11 is 0. The van der Waals surface area contributed by atoms with Crippen molar-refractivity contribution in [2.24, 2.45) is 5.73 Å². The minimum atomic E-state index is -1.68. The minimum Gasteiger partial charge on any atom is -0.481 e. The largest absolute Gasteiger partial charge is 0.481 e. The van der Waals surface area contributed by atoms with Crippen LogP contribution < -0.4 is 16.4 Å². The van der Waals surface area contributed by atoms with Gasteiger partial charge in [-0.2, -0.15) is 0 Å². The van der Waals surface area contributed by atoms with Gasteiger partial charge in [-0.05, 0) is 36.5 Å². The highest BCUT2D eigenvalue weighted by molar-refractivity contribution is 5.95. The summed E-state index contributed by atoms with van der Waals surface area (Å²) in [4.78, 5) is 67.1. The quantitative estimate of drug-likeness (QED) is 0.186. The van der Waals surface area contributed by atoms with Crippen molar-refractivity contribution in [2.45, 2.75) is 56.3 Å². The van der Waals surface area contributed by atoms with Gasteiger partial charge in [0.1, 0.15) is 18.1 Å². The van der Waals surface area contributed by atoms with Crippen LogP contribution in [0, 0.1) is 0 Å². The molecule has 0 spiro atoms. The molecule has 216 valence electrons. The van der Waals surface area contributed by atoms with Crippen molar-refractivity contribution in [3.8, 4) is 0 Å².